The molecule has 0 bridgehead atoms. The van der Waals surface area contributed by atoms with E-state index in [4.69, 9.17) is 5.73 Å². The number of hydrogen-bond acceptors (Lipinski definition) is 5. The van der Waals surface area contributed by atoms with Gasteiger partial charge in [0.15, 0.2) is 11.6 Å². The normalized spacial score (nSPS) is 10.9. The molecule has 0 saturated heterocycles. The van der Waals surface area contributed by atoms with E-state index in [9.17, 15) is 19.6 Å². The Bertz CT molecular complexity index is 1380. The molecular formula is C22H16FN5O2. The number of hydrogen-bond donors (Lipinski definition) is 2. The molecule has 148 valence electrons. The molecule has 3 N–H and O–H groups in total. The summed E-state index contributed by atoms with van der Waals surface area (Å²) in [6.07, 6.45) is 2.84. The molecule has 3 heterocycles. The maximum absolute atomic E-state index is 14.5. The number of nitrogens with zero attached hydrogens (tertiary/aromatic N) is 4. The molecule has 0 atom stereocenters. The first-order valence-electron chi connectivity index (χ1n) is 9.00. The third kappa shape index (κ3) is 2.84. The predicted molar refractivity (Wildman–Crippen MR) is 109 cm³/mol. The summed E-state index contributed by atoms with van der Waals surface area (Å²) in [6, 6.07) is 9.58. The van der Waals surface area contributed by atoms with Crippen molar-refractivity contribution in [1.82, 2.24) is 14.5 Å². The Kier molecular flexibility index (Phi) is 4.43. The number of nitrogens with two attached hydrogens (primary N) is 1. The minimum atomic E-state index is -0.777. The molecule has 4 rings (SSSR count). The van der Waals surface area contributed by atoms with E-state index >= 15 is 0 Å². The van der Waals surface area contributed by atoms with Crippen LogP contribution in [0.2, 0.25) is 0 Å². The first-order chi connectivity index (χ1) is 14.3. The summed E-state index contributed by atoms with van der Waals surface area (Å²) in [5, 5.41) is 20.4. The standard InChI is InChI=1S/C22H16FN5O2/c1-11-5-6-17(29)12(2)18(11)14-8-16(20(25)30)27-22-19(14)13(9-24)10-28(22)21-15(23)4-3-7-26-21/h3-8,10,29H,1-2H3,(H2,25,30). The number of benzene rings is 1. The third-order valence-electron chi connectivity index (χ3n) is 5.01. The Labute approximate surface area is 170 Å². The van der Waals surface area contributed by atoms with E-state index < -0.39 is 11.7 Å². The van der Waals surface area contributed by atoms with Crippen LogP contribution in [0.4, 0.5) is 4.39 Å². The van der Waals surface area contributed by atoms with Gasteiger partial charge in [0.2, 0.25) is 0 Å². The Morgan fingerprint density at radius 1 is 1.30 bits per heavy atom. The fraction of sp³-hybridized carbons (Fsp3) is 0.0909. The largest absolute Gasteiger partial charge is 0.508 e. The topological polar surface area (TPSA) is 118 Å². The number of carbonyl (C=O) groups excluding carboxylic acids is 1. The number of phenolic OH excluding ortho intramolecular Hbond substituents is 1. The number of nitriles is 1. The van der Waals surface area contributed by atoms with Crippen molar-refractivity contribution < 1.29 is 14.3 Å². The maximum atomic E-state index is 14.5. The molecule has 0 aliphatic heterocycles. The van der Waals surface area contributed by atoms with Crippen LogP contribution in [0.1, 0.15) is 27.2 Å². The van der Waals surface area contributed by atoms with Gasteiger partial charge in [-0.3, -0.25) is 9.36 Å². The quantitative estimate of drug-likeness (QED) is 0.545. The smallest absolute Gasteiger partial charge is 0.267 e. The maximum Gasteiger partial charge on any atom is 0.267 e. The van der Waals surface area contributed by atoms with Crippen LogP contribution in [-0.2, 0) is 0 Å². The van der Waals surface area contributed by atoms with Crippen molar-refractivity contribution >= 4 is 16.9 Å². The SMILES string of the molecule is Cc1ccc(O)c(C)c1-c1cc(C(N)=O)nc2c1c(C#N)cn2-c1ncccc1F. The number of aryl methyl sites for hydroxylation is 1. The van der Waals surface area contributed by atoms with E-state index in [1.807, 2.05) is 6.92 Å². The van der Waals surface area contributed by atoms with Gasteiger partial charge >= 0.3 is 0 Å². The molecule has 0 aliphatic carbocycles. The van der Waals surface area contributed by atoms with Gasteiger partial charge in [-0.05, 0) is 60.4 Å². The van der Waals surface area contributed by atoms with Gasteiger partial charge in [0.1, 0.15) is 23.2 Å². The first kappa shape index (κ1) is 19.1. The van der Waals surface area contributed by atoms with E-state index in [2.05, 4.69) is 16.0 Å². The van der Waals surface area contributed by atoms with Crippen LogP contribution in [0.25, 0.3) is 28.0 Å². The fourth-order valence-electron chi connectivity index (χ4n) is 3.60. The van der Waals surface area contributed by atoms with E-state index in [1.165, 1.54) is 35.2 Å². The molecule has 0 aliphatic rings. The fourth-order valence-corrected chi connectivity index (χ4v) is 3.60. The molecule has 1 amide bonds. The zero-order valence-corrected chi connectivity index (χ0v) is 16.1. The summed E-state index contributed by atoms with van der Waals surface area (Å²) in [5.74, 6) is -1.39. The number of aromatic nitrogens is 3. The van der Waals surface area contributed by atoms with Crippen LogP contribution in [-0.4, -0.2) is 25.5 Å². The third-order valence-corrected chi connectivity index (χ3v) is 5.01. The van der Waals surface area contributed by atoms with E-state index in [0.29, 0.717) is 22.1 Å². The van der Waals surface area contributed by atoms with Crippen molar-refractivity contribution in [2.45, 2.75) is 13.8 Å². The summed E-state index contributed by atoms with van der Waals surface area (Å²) in [7, 11) is 0. The summed E-state index contributed by atoms with van der Waals surface area (Å²) < 4.78 is 15.8. The van der Waals surface area contributed by atoms with Gasteiger partial charge in [-0.15, -0.1) is 0 Å². The van der Waals surface area contributed by atoms with Gasteiger partial charge in [-0.25, -0.2) is 14.4 Å². The van der Waals surface area contributed by atoms with Crippen molar-refractivity contribution in [3.05, 3.63) is 70.9 Å². The summed E-state index contributed by atoms with van der Waals surface area (Å²) in [6.45, 7) is 3.58. The van der Waals surface area contributed by atoms with Crippen LogP contribution in [0, 0.1) is 31.0 Å². The second-order valence-electron chi connectivity index (χ2n) is 6.85. The van der Waals surface area contributed by atoms with Gasteiger partial charge in [0.25, 0.3) is 5.91 Å². The zero-order valence-electron chi connectivity index (χ0n) is 16.1. The molecule has 0 fully saturated rings. The number of halogens is 1. The Balaban J connectivity index is 2.21. The van der Waals surface area contributed by atoms with Gasteiger partial charge in [-0.1, -0.05) is 6.07 Å². The number of primary amides is 1. The van der Waals surface area contributed by atoms with Crippen LogP contribution in [0.3, 0.4) is 0 Å². The Morgan fingerprint density at radius 3 is 2.73 bits per heavy atom. The summed E-state index contributed by atoms with van der Waals surface area (Å²) in [4.78, 5) is 20.4. The predicted octanol–water partition coefficient (Wildman–Crippen LogP) is 3.52. The lowest BCUT2D eigenvalue weighted by atomic mass is 9.92. The number of rotatable bonds is 3. The van der Waals surface area contributed by atoms with Crippen molar-refractivity contribution in [3.63, 3.8) is 0 Å². The molecule has 0 radical (unpaired) electrons. The highest BCUT2D eigenvalue weighted by molar-refractivity contribution is 6.04. The van der Waals surface area contributed by atoms with Gasteiger partial charge in [0, 0.05) is 17.8 Å². The number of fused-ring (bicyclic) bond motifs is 1. The molecule has 30 heavy (non-hydrogen) atoms. The van der Waals surface area contributed by atoms with Crippen molar-refractivity contribution in [1.29, 1.82) is 5.26 Å². The molecule has 3 aromatic heterocycles. The van der Waals surface area contributed by atoms with Crippen LogP contribution in [0.5, 0.6) is 5.75 Å². The van der Waals surface area contributed by atoms with Crippen molar-refractivity contribution in [2.24, 2.45) is 5.73 Å². The van der Waals surface area contributed by atoms with Crippen molar-refractivity contribution in [2.75, 3.05) is 0 Å². The Hall–Kier alpha value is -4.25. The average Bonchev–Trinajstić information content (AvgIpc) is 3.10. The van der Waals surface area contributed by atoms with Crippen LogP contribution < -0.4 is 5.73 Å². The summed E-state index contributed by atoms with van der Waals surface area (Å²) >= 11 is 0. The lowest BCUT2D eigenvalue weighted by Gasteiger charge is -2.14. The highest BCUT2D eigenvalue weighted by Crippen LogP contribution is 2.39. The number of amides is 1. The number of carbonyl (C=O) groups is 1. The summed E-state index contributed by atoms with van der Waals surface area (Å²) in [5.41, 5.74) is 8.34. The van der Waals surface area contributed by atoms with Crippen molar-refractivity contribution in [3.8, 4) is 28.8 Å². The zero-order chi connectivity index (χ0) is 21.6. The Morgan fingerprint density at radius 2 is 2.07 bits per heavy atom. The second-order valence-corrected chi connectivity index (χ2v) is 6.85. The average molecular weight is 401 g/mol. The minimum Gasteiger partial charge on any atom is -0.508 e. The van der Waals surface area contributed by atoms with Crippen LogP contribution >= 0.6 is 0 Å². The monoisotopic (exact) mass is 401 g/mol. The molecule has 0 unspecified atom stereocenters. The lowest BCUT2D eigenvalue weighted by Crippen LogP contribution is -2.14. The molecule has 1 aromatic carbocycles. The number of aromatic hydroxyl groups is 1. The molecule has 4 aromatic rings. The van der Waals surface area contributed by atoms with Gasteiger partial charge < -0.3 is 10.8 Å². The van der Waals surface area contributed by atoms with E-state index in [0.717, 1.165) is 5.56 Å². The highest BCUT2D eigenvalue weighted by Gasteiger charge is 2.23. The molecule has 7 nitrogen and oxygen atoms in total. The molecule has 0 spiro atoms. The lowest BCUT2D eigenvalue weighted by molar-refractivity contribution is 0.0996. The second kappa shape index (κ2) is 6.97. The molecule has 8 heteroatoms. The van der Waals surface area contributed by atoms with E-state index in [1.54, 1.807) is 19.1 Å². The van der Waals surface area contributed by atoms with Gasteiger partial charge in [-0.2, -0.15) is 5.26 Å². The van der Waals surface area contributed by atoms with Crippen LogP contribution in [0.15, 0.2) is 42.7 Å². The number of phenols is 1. The first-order valence-corrected chi connectivity index (χ1v) is 9.00. The van der Waals surface area contributed by atoms with Gasteiger partial charge in [0.05, 0.1) is 5.56 Å². The van der Waals surface area contributed by atoms with E-state index in [-0.39, 0.29) is 28.5 Å². The molecule has 0 saturated carbocycles. The highest BCUT2D eigenvalue weighted by atomic mass is 19.1. The minimum absolute atomic E-state index is 0.0557. The molecular weight excluding hydrogens is 385 g/mol. The number of pyridine rings is 2.